The molecule has 0 saturated heterocycles. The number of nitriles is 2. The lowest BCUT2D eigenvalue weighted by Gasteiger charge is -2.13. The summed E-state index contributed by atoms with van der Waals surface area (Å²) >= 11 is 0. The maximum Gasteiger partial charge on any atom is 0.101 e. The Kier molecular flexibility index (Phi) is 7.17. The zero-order valence-corrected chi connectivity index (χ0v) is 27.3. The normalized spacial score (nSPS) is 11.1. The molecule has 51 heavy (non-hydrogen) atoms. The van der Waals surface area contributed by atoms with Gasteiger partial charge in [0.15, 0.2) is 0 Å². The molecule has 0 aliphatic heterocycles. The van der Waals surface area contributed by atoms with Gasteiger partial charge in [0, 0.05) is 52.4 Å². The number of benzene rings is 6. The molecule has 0 amide bonds. The van der Waals surface area contributed by atoms with Crippen molar-refractivity contribution in [1.29, 1.82) is 10.5 Å². The van der Waals surface area contributed by atoms with Crippen LogP contribution < -0.4 is 0 Å². The molecule has 0 saturated carbocycles. The van der Waals surface area contributed by atoms with Crippen LogP contribution in [0.1, 0.15) is 11.1 Å². The van der Waals surface area contributed by atoms with Crippen molar-refractivity contribution in [3.05, 3.63) is 175 Å². The number of hydrogen-bond acceptors (Lipinski definition) is 4. The Morgan fingerprint density at radius 2 is 0.941 bits per heavy atom. The van der Waals surface area contributed by atoms with Crippen LogP contribution in [0, 0.1) is 22.7 Å². The van der Waals surface area contributed by atoms with Gasteiger partial charge in [0.2, 0.25) is 0 Å². The lowest BCUT2D eigenvalue weighted by atomic mass is 9.93. The van der Waals surface area contributed by atoms with E-state index in [4.69, 9.17) is 0 Å². The second kappa shape index (κ2) is 12.3. The summed E-state index contributed by atoms with van der Waals surface area (Å²) in [6.45, 7) is 0. The van der Waals surface area contributed by atoms with E-state index in [1.807, 2.05) is 12.1 Å². The molecule has 0 N–H and O–H groups in total. The quantitative estimate of drug-likeness (QED) is 0.186. The Balaban J connectivity index is 1.22. The summed E-state index contributed by atoms with van der Waals surface area (Å²) in [5.41, 5.74) is 12.8. The molecule has 236 valence electrons. The number of rotatable bonds is 5. The van der Waals surface area contributed by atoms with Crippen LogP contribution in [0.15, 0.2) is 164 Å². The minimum atomic E-state index is 0.543. The van der Waals surface area contributed by atoms with Gasteiger partial charge in [-0.25, -0.2) is 0 Å². The third-order valence-electron chi connectivity index (χ3n) is 9.60. The molecule has 0 unspecified atom stereocenters. The first-order chi connectivity index (χ1) is 25.2. The van der Waals surface area contributed by atoms with Gasteiger partial charge in [0.1, 0.15) is 12.1 Å². The molecule has 0 fully saturated rings. The van der Waals surface area contributed by atoms with Crippen molar-refractivity contribution in [2.75, 3.05) is 0 Å². The number of aromatic nitrogens is 3. The molecule has 5 heteroatoms. The highest BCUT2D eigenvalue weighted by Crippen LogP contribution is 2.42. The molecular formula is C46H27N5. The van der Waals surface area contributed by atoms with E-state index in [1.54, 1.807) is 24.8 Å². The standard InChI is InChI=1S/C46H27N5/c47-24-30-20-37(28-49-26-30)33-12-10-32(11-13-33)36-18-19-42-44(22-36)51(39-6-2-1-3-7-39)45-23-43(40-8-4-5-9-41(40)46(42)45)35-16-14-34(15-17-35)38-21-31(25-48)27-50-29-38/h1-23,26-29H. The van der Waals surface area contributed by atoms with Gasteiger partial charge in [-0.3, -0.25) is 9.97 Å². The fourth-order valence-electron chi connectivity index (χ4n) is 7.17. The monoisotopic (exact) mass is 649 g/mol. The van der Waals surface area contributed by atoms with Gasteiger partial charge in [-0.05, 0) is 80.6 Å². The average Bonchev–Trinajstić information content (AvgIpc) is 3.54. The number of para-hydroxylation sites is 1. The molecular weight excluding hydrogens is 623 g/mol. The number of fused-ring (bicyclic) bond motifs is 5. The van der Waals surface area contributed by atoms with E-state index in [0.717, 1.165) is 61.2 Å². The third kappa shape index (κ3) is 5.18. The molecule has 0 aliphatic rings. The molecule has 9 aromatic rings. The van der Waals surface area contributed by atoms with E-state index in [0.29, 0.717) is 11.1 Å². The third-order valence-corrected chi connectivity index (χ3v) is 9.60. The fraction of sp³-hybridized carbons (Fsp3) is 0. The Morgan fingerprint density at radius 3 is 1.55 bits per heavy atom. The summed E-state index contributed by atoms with van der Waals surface area (Å²) in [4.78, 5) is 8.49. The van der Waals surface area contributed by atoms with Crippen LogP contribution in [-0.2, 0) is 0 Å². The molecule has 5 nitrogen and oxygen atoms in total. The lowest BCUT2D eigenvalue weighted by Crippen LogP contribution is -1.94. The van der Waals surface area contributed by atoms with Crippen LogP contribution in [0.5, 0.6) is 0 Å². The van der Waals surface area contributed by atoms with Crippen molar-refractivity contribution in [3.63, 3.8) is 0 Å². The summed E-state index contributed by atoms with van der Waals surface area (Å²) in [5, 5.41) is 23.5. The molecule has 0 bridgehead atoms. The molecule has 3 aromatic heterocycles. The first kappa shape index (κ1) is 29.8. The summed E-state index contributed by atoms with van der Waals surface area (Å²) in [6.07, 6.45) is 6.75. The highest BCUT2D eigenvalue weighted by Gasteiger charge is 2.19. The van der Waals surface area contributed by atoms with E-state index >= 15 is 0 Å². The maximum absolute atomic E-state index is 9.38. The van der Waals surface area contributed by atoms with Gasteiger partial charge in [0.25, 0.3) is 0 Å². The van der Waals surface area contributed by atoms with E-state index in [9.17, 15) is 10.5 Å². The summed E-state index contributed by atoms with van der Waals surface area (Å²) in [6, 6.07) is 53.4. The molecule has 9 rings (SSSR count). The summed E-state index contributed by atoms with van der Waals surface area (Å²) in [7, 11) is 0. The van der Waals surface area contributed by atoms with Crippen LogP contribution in [0.2, 0.25) is 0 Å². The largest absolute Gasteiger partial charge is 0.309 e. The molecule has 0 spiro atoms. The Bertz CT molecular complexity index is 2850. The molecule has 0 radical (unpaired) electrons. The van der Waals surface area contributed by atoms with Crippen LogP contribution in [0.25, 0.3) is 82.8 Å². The van der Waals surface area contributed by atoms with Gasteiger partial charge >= 0.3 is 0 Å². The average molecular weight is 650 g/mol. The lowest BCUT2D eigenvalue weighted by molar-refractivity contribution is 1.18. The van der Waals surface area contributed by atoms with Crippen LogP contribution in [0.4, 0.5) is 0 Å². The number of pyridine rings is 2. The molecule has 0 aliphatic carbocycles. The van der Waals surface area contributed by atoms with Crippen LogP contribution in [0.3, 0.4) is 0 Å². The van der Waals surface area contributed by atoms with Crippen molar-refractivity contribution in [1.82, 2.24) is 14.5 Å². The van der Waals surface area contributed by atoms with Gasteiger partial charge < -0.3 is 4.57 Å². The van der Waals surface area contributed by atoms with Crippen molar-refractivity contribution < 1.29 is 0 Å². The number of hydrogen-bond donors (Lipinski definition) is 0. The topological polar surface area (TPSA) is 78.3 Å². The maximum atomic E-state index is 9.38. The Labute approximate surface area is 294 Å². The zero-order chi connectivity index (χ0) is 34.3. The van der Waals surface area contributed by atoms with Crippen molar-refractivity contribution >= 4 is 32.6 Å². The number of nitrogens with zero attached hydrogens (tertiary/aromatic N) is 5. The van der Waals surface area contributed by atoms with Crippen LogP contribution >= 0.6 is 0 Å². The fourth-order valence-corrected chi connectivity index (χ4v) is 7.17. The molecule has 3 heterocycles. The first-order valence-corrected chi connectivity index (χ1v) is 16.7. The van der Waals surface area contributed by atoms with Gasteiger partial charge in [-0.2, -0.15) is 10.5 Å². The Hall–Kier alpha value is -7.34. The highest BCUT2D eigenvalue weighted by molar-refractivity contribution is 6.24. The highest BCUT2D eigenvalue weighted by atomic mass is 15.0. The Morgan fingerprint density at radius 1 is 0.412 bits per heavy atom. The van der Waals surface area contributed by atoms with Gasteiger partial charge in [-0.15, -0.1) is 0 Å². The molecule has 0 atom stereocenters. The second-order valence-electron chi connectivity index (χ2n) is 12.6. The first-order valence-electron chi connectivity index (χ1n) is 16.7. The minimum absolute atomic E-state index is 0.543. The van der Waals surface area contributed by atoms with E-state index in [1.165, 1.54) is 21.5 Å². The van der Waals surface area contributed by atoms with Crippen LogP contribution in [-0.4, -0.2) is 14.5 Å². The van der Waals surface area contributed by atoms with Gasteiger partial charge in [-0.1, -0.05) is 103 Å². The van der Waals surface area contributed by atoms with E-state index < -0.39 is 0 Å². The second-order valence-corrected chi connectivity index (χ2v) is 12.6. The van der Waals surface area contributed by atoms with Crippen molar-refractivity contribution in [2.45, 2.75) is 0 Å². The smallest absolute Gasteiger partial charge is 0.101 e. The van der Waals surface area contributed by atoms with Crippen molar-refractivity contribution in [2.24, 2.45) is 0 Å². The SMILES string of the molecule is N#Cc1cncc(-c2ccc(-c3ccc4c5c6ccccc6c(-c6ccc(-c7cncc(C#N)c7)cc6)cc5n(-c5ccccc5)c4c3)cc2)c1. The molecule has 6 aromatic carbocycles. The zero-order valence-electron chi connectivity index (χ0n) is 27.3. The summed E-state index contributed by atoms with van der Waals surface area (Å²) < 4.78 is 2.38. The van der Waals surface area contributed by atoms with E-state index in [-0.39, 0.29) is 0 Å². The summed E-state index contributed by atoms with van der Waals surface area (Å²) in [5.74, 6) is 0. The van der Waals surface area contributed by atoms with E-state index in [2.05, 4.69) is 154 Å². The predicted octanol–water partition coefficient (Wildman–Crippen LogP) is 11.1. The minimum Gasteiger partial charge on any atom is -0.309 e. The van der Waals surface area contributed by atoms with Gasteiger partial charge in [0.05, 0.1) is 22.2 Å². The van der Waals surface area contributed by atoms with Crippen molar-refractivity contribution in [3.8, 4) is 62.3 Å². The predicted molar refractivity (Wildman–Crippen MR) is 205 cm³/mol.